The second-order valence-corrected chi connectivity index (χ2v) is 10.5. The lowest BCUT2D eigenvalue weighted by Crippen LogP contribution is -2.50. The van der Waals surface area contributed by atoms with Crippen LogP contribution in [0.5, 0.6) is 0 Å². The topological polar surface area (TPSA) is 83.6 Å². The first-order chi connectivity index (χ1) is 10.1. The van der Waals surface area contributed by atoms with Crippen LogP contribution in [0, 0.1) is 5.41 Å². The minimum atomic E-state index is -3.02. The van der Waals surface area contributed by atoms with Crippen LogP contribution in [0.25, 0.3) is 0 Å². The summed E-state index contributed by atoms with van der Waals surface area (Å²) in [5, 5.41) is 2.80. The molecule has 0 aromatic rings. The molecule has 22 heavy (non-hydrogen) atoms. The number of sulfone groups is 1. The van der Waals surface area contributed by atoms with Crippen molar-refractivity contribution in [3.63, 3.8) is 0 Å². The average Bonchev–Trinajstić information content (AvgIpc) is 2.93. The molecule has 0 bridgehead atoms. The van der Waals surface area contributed by atoms with E-state index < -0.39 is 15.9 Å². The average molecular weight is 348 g/mol. The van der Waals surface area contributed by atoms with Crippen LogP contribution in [0.2, 0.25) is 0 Å². The van der Waals surface area contributed by atoms with Gasteiger partial charge in [-0.15, -0.1) is 11.8 Å². The Morgan fingerprint density at radius 3 is 2.55 bits per heavy atom. The van der Waals surface area contributed by atoms with Crippen molar-refractivity contribution in [1.29, 1.82) is 0 Å². The van der Waals surface area contributed by atoms with Gasteiger partial charge < -0.3 is 10.2 Å². The molecule has 0 spiro atoms. The molecule has 126 valence electrons. The summed E-state index contributed by atoms with van der Waals surface area (Å²) in [6.07, 6.45) is 0.860. The highest BCUT2D eigenvalue weighted by Crippen LogP contribution is 2.26. The van der Waals surface area contributed by atoms with Gasteiger partial charge in [0.2, 0.25) is 11.8 Å². The van der Waals surface area contributed by atoms with E-state index in [1.807, 2.05) is 20.8 Å². The Morgan fingerprint density at radius 1 is 1.32 bits per heavy atom. The molecule has 2 amide bonds. The van der Waals surface area contributed by atoms with Crippen molar-refractivity contribution in [2.45, 2.75) is 45.7 Å². The van der Waals surface area contributed by atoms with E-state index in [-0.39, 0.29) is 34.8 Å². The van der Waals surface area contributed by atoms with E-state index in [0.29, 0.717) is 24.5 Å². The van der Waals surface area contributed by atoms with Crippen molar-refractivity contribution >= 4 is 33.4 Å². The Hall–Kier alpha value is -0.760. The smallest absolute Gasteiger partial charge is 0.243 e. The first kappa shape index (κ1) is 17.6. The normalized spacial score (nSPS) is 27.9. The Balaban J connectivity index is 1.95. The fourth-order valence-corrected chi connectivity index (χ4v) is 5.52. The Bertz CT molecular complexity index is 554. The standard InChI is InChI=1S/C14H24N2O4S2/c1-14(2,3)6-12(17)16-9-21-7-11(16)13(18)15-10-4-5-22(19,20)8-10/h10-11H,4-9H2,1-3H3,(H,15,18). The van der Waals surface area contributed by atoms with Crippen molar-refractivity contribution in [2.75, 3.05) is 23.1 Å². The minimum Gasteiger partial charge on any atom is -0.350 e. The molecule has 2 atom stereocenters. The maximum Gasteiger partial charge on any atom is 0.243 e. The van der Waals surface area contributed by atoms with E-state index in [0.717, 1.165) is 0 Å². The van der Waals surface area contributed by atoms with Crippen LogP contribution < -0.4 is 5.32 Å². The molecule has 2 unspecified atom stereocenters. The Morgan fingerprint density at radius 2 is 2.00 bits per heavy atom. The summed E-state index contributed by atoms with van der Waals surface area (Å²) in [6.45, 7) is 5.98. The van der Waals surface area contributed by atoms with Crippen molar-refractivity contribution in [1.82, 2.24) is 10.2 Å². The number of nitrogens with zero attached hydrogens (tertiary/aromatic N) is 1. The third-order valence-corrected chi connectivity index (χ3v) is 6.55. The van der Waals surface area contributed by atoms with Gasteiger partial charge in [0, 0.05) is 18.2 Å². The van der Waals surface area contributed by atoms with E-state index in [9.17, 15) is 18.0 Å². The summed E-state index contributed by atoms with van der Waals surface area (Å²) < 4.78 is 22.9. The van der Waals surface area contributed by atoms with Crippen molar-refractivity contribution in [3.8, 4) is 0 Å². The van der Waals surface area contributed by atoms with Gasteiger partial charge in [0.05, 0.1) is 17.4 Å². The quantitative estimate of drug-likeness (QED) is 0.809. The van der Waals surface area contributed by atoms with Crippen LogP contribution in [-0.4, -0.2) is 60.4 Å². The van der Waals surface area contributed by atoms with Gasteiger partial charge in [-0.3, -0.25) is 9.59 Å². The van der Waals surface area contributed by atoms with E-state index in [4.69, 9.17) is 0 Å². The highest BCUT2D eigenvalue weighted by atomic mass is 32.2. The van der Waals surface area contributed by atoms with Crippen molar-refractivity contribution in [3.05, 3.63) is 0 Å². The lowest BCUT2D eigenvalue weighted by atomic mass is 9.91. The van der Waals surface area contributed by atoms with Gasteiger partial charge in [0.25, 0.3) is 0 Å². The zero-order valence-electron chi connectivity index (χ0n) is 13.3. The lowest BCUT2D eigenvalue weighted by Gasteiger charge is -2.27. The number of nitrogens with one attached hydrogen (secondary N) is 1. The molecule has 6 nitrogen and oxygen atoms in total. The molecule has 2 fully saturated rings. The van der Waals surface area contributed by atoms with Crippen LogP contribution in [-0.2, 0) is 19.4 Å². The SMILES string of the molecule is CC(C)(C)CC(=O)N1CSCC1C(=O)NC1CCS(=O)(=O)C1. The van der Waals surface area contributed by atoms with Crippen LogP contribution in [0.4, 0.5) is 0 Å². The molecule has 2 aliphatic heterocycles. The van der Waals surface area contributed by atoms with Gasteiger partial charge in [-0.2, -0.15) is 0 Å². The van der Waals surface area contributed by atoms with Crippen LogP contribution in [0.15, 0.2) is 0 Å². The van der Waals surface area contributed by atoms with E-state index in [1.165, 1.54) is 0 Å². The van der Waals surface area contributed by atoms with E-state index in [1.54, 1.807) is 16.7 Å². The predicted octanol–water partition coefficient (Wildman–Crippen LogP) is 0.627. The van der Waals surface area contributed by atoms with Gasteiger partial charge in [-0.1, -0.05) is 20.8 Å². The molecule has 2 rings (SSSR count). The van der Waals surface area contributed by atoms with E-state index >= 15 is 0 Å². The summed E-state index contributed by atoms with van der Waals surface area (Å²) >= 11 is 1.56. The molecule has 0 saturated carbocycles. The highest BCUT2D eigenvalue weighted by Gasteiger charge is 2.38. The molecule has 0 aliphatic carbocycles. The Kier molecular flexibility index (Phi) is 5.11. The number of rotatable bonds is 3. The van der Waals surface area contributed by atoms with Crippen molar-refractivity contribution in [2.24, 2.45) is 5.41 Å². The third kappa shape index (κ3) is 4.62. The summed E-state index contributed by atoms with van der Waals surface area (Å²) in [6, 6.07) is -0.800. The molecule has 2 saturated heterocycles. The summed E-state index contributed by atoms with van der Waals surface area (Å²) in [7, 11) is -3.02. The fraction of sp³-hybridized carbons (Fsp3) is 0.857. The van der Waals surface area contributed by atoms with Gasteiger partial charge >= 0.3 is 0 Å². The molecular weight excluding hydrogens is 324 g/mol. The third-order valence-electron chi connectivity index (χ3n) is 3.77. The number of hydrogen-bond acceptors (Lipinski definition) is 5. The lowest BCUT2D eigenvalue weighted by molar-refractivity contribution is -0.139. The summed E-state index contributed by atoms with van der Waals surface area (Å²) in [5.41, 5.74) is -0.120. The first-order valence-electron chi connectivity index (χ1n) is 7.45. The summed E-state index contributed by atoms with van der Waals surface area (Å²) in [4.78, 5) is 26.4. The molecular formula is C14H24N2O4S2. The highest BCUT2D eigenvalue weighted by molar-refractivity contribution is 7.99. The van der Waals surface area contributed by atoms with Gasteiger partial charge in [-0.25, -0.2) is 8.42 Å². The molecule has 2 heterocycles. The number of carbonyl (C=O) groups excluding carboxylic acids is 2. The van der Waals surface area contributed by atoms with E-state index in [2.05, 4.69) is 5.32 Å². The zero-order valence-corrected chi connectivity index (χ0v) is 14.9. The first-order valence-corrected chi connectivity index (χ1v) is 10.4. The molecule has 0 radical (unpaired) electrons. The molecule has 8 heteroatoms. The van der Waals surface area contributed by atoms with Gasteiger partial charge in [-0.05, 0) is 11.8 Å². The molecule has 0 aromatic heterocycles. The molecule has 1 N–H and O–H groups in total. The van der Waals surface area contributed by atoms with Crippen LogP contribution in [0.1, 0.15) is 33.6 Å². The van der Waals surface area contributed by atoms with Crippen molar-refractivity contribution < 1.29 is 18.0 Å². The molecule has 0 aromatic carbocycles. The number of thioether (sulfide) groups is 1. The Labute approximate surface area is 136 Å². The number of amides is 2. The van der Waals surface area contributed by atoms with Gasteiger partial charge in [0.1, 0.15) is 6.04 Å². The zero-order chi connectivity index (χ0) is 16.5. The van der Waals surface area contributed by atoms with Crippen LogP contribution >= 0.6 is 11.8 Å². The van der Waals surface area contributed by atoms with Gasteiger partial charge in [0.15, 0.2) is 9.84 Å². The second kappa shape index (κ2) is 6.39. The molecule has 2 aliphatic rings. The summed E-state index contributed by atoms with van der Waals surface area (Å²) in [5.74, 6) is 0.987. The largest absolute Gasteiger partial charge is 0.350 e. The monoisotopic (exact) mass is 348 g/mol. The fourth-order valence-electron chi connectivity index (χ4n) is 2.67. The number of hydrogen-bond donors (Lipinski definition) is 1. The minimum absolute atomic E-state index is 0.00847. The maximum atomic E-state index is 12.4. The predicted molar refractivity (Wildman–Crippen MR) is 87.2 cm³/mol. The number of carbonyl (C=O) groups is 2. The second-order valence-electron chi connectivity index (χ2n) is 7.23. The maximum absolute atomic E-state index is 12.4. The van der Waals surface area contributed by atoms with Crippen LogP contribution in [0.3, 0.4) is 0 Å².